The van der Waals surface area contributed by atoms with Gasteiger partial charge in [0.1, 0.15) is 6.04 Å². The first-order valence-electron chi connectivity index (χ1n) is 6.44. The fraction of sp³-hybridized carbons (Fsp3) is 0.357. The molecule has 1 aromatic rings. The van der Waals surface area contributed by atoms with Crippen molar-refractivity contribution in [2.45, 2.75) is 25.3 Å². The number of carboxylic acids is 1. The predicted molar refractivity (Wildman–Crippen MR) is 72.9 cm³/mol. The van der Waals surface area contributed by atoms with Crippen LogP contribution in [0, 0.1) is 23.0 Å². The van der Waals surface area contributed by atoms with Crippen LogP contribution in [0.3, 0.4) is 0 Å². The largest absolute Gasteiger partial charge is 0.480 e. The van der Waals surface area contributed by atoms with E-state index in [9.17, 15) is 20.0 Å². The minimum absolute atomic E-state index is 0.0588. The summed E-state index contributed by atoms with van der Waals surface area (Å²) in [5, 5.41) is 23.6. The average Bonchev–Trinajstić information content (AvgIpc) is 2.86. The molecule has 0 bridgehead atoms. The second kappa shape index (κ2) is 4.33. The van der Waals surface area contributed by atoms with Gasteiger partial charge in [-0.3, -0.25) is 10.1 Å². The lowest BCUT2D eigenvalue weighted by Crippen LogP contribution is -2.42. The first kappa shape index (κ1) is 12.7. The summed E-state index contributed by atoms with van der Waals surface area (Å²) in [6, 6.07) is 2.45. The molecule has 0 unspecified atom stereocenters. The molecule has 0 aromatic heterocycles. The number of hydrogen-bond donors (Lipinski definition) is 2. The van der Waals surface area contributed by atoms with Crippen molar-refractivity contribution >= 4 is 17.3 Å². The molecule has 1 aliphatic carbocycles. The number of aryl methyl sites for hydroxylation is 1. The van der Waals surface area contributed by atoms with Crippen molar-refractivity contribution in [2.24, 2.45) is 5.92 Å². The van der Waals surface area contributed by atoms with Gasteiger partial charge in [-0.05, 0) is 18.9 Å². The Balaban J connectivity index is 2.22. The molecule has 20 heavy (non-hydrogen) atoms. The number of rotatable bonds is 2. The summed E-state index contributed by atoms with van der Waals surface area (Å²) in [6.45, 7) is 1.83. The van der Waals surface area contributed by atoms with E-state index in [1.54, 1.807) is 6.07 Å². The SMILES string of the molecule is Cc1ccc([N+](=O)[O-])c2c1N[C@H](C(=O)O)[C@H]1CC=C[C@@H]21. The Hall–Kier alpha value is -2.37. The van der Waals surface area contributed by atoms with Crippen LogP contribution in [0.25, 0.3) is 0 Å². The van der Waals surface area contributed by atoms with E-state index in [4.69, 9.17) is 0 Å². The van der Waals surface area contributed by atoms with Gasteiger partial charge in [0.25, 0.3) is 5.69 Å². The zero-order valence-corrected chi connectivity index (χ0v) is 10.9. The average molecular weight is 274 g/mol. The van der Waals surface area contributed by atoms with Crippen molar-refractivity contribution < 1.29 is 14.8 Å². The van der Waals surface area contributed by atoms with Gasteiger partial charge >= 0.3 is 5.97 Å². The lowest BCUT2D eigenvalue weighted by molar-refractivity contribution is -0.385. The van der Waals surface area contributed by atoms with E-state index >= 15 is 0 Å². The van der Waals surface area contributed by atoms with E-state index in [2.05, 4.69) is 5.32 Å². The first-order chi connectivity index (χ1) is 9.50. The Morgan fingerprint density at radius 1 is 1.50 bits per heavy atom. The summed E-state index contributed by atoms with van der Waals surface area (Å²) in [6.07, 6.45) is 4.43. The summed E-state index contributed by atoms with van der Waals surface area (Å²) >= 11 is 0. The molecule has 6 nitrogen and oxygen atoms in total. The number of carbonyl (C=O) groups is 1. The zero-order chi connectivity index (χ0) is 14.4. The summed E-state index contributed by atoms with van der Waals surface area (Å²) in [5.74, 6) is -1.28. The van der Waals surface area contributed by atoms with Crippen LogP contribution in [-0.4, -0.2) is 22.0 Å². The van der Waals surface area contributed by atoms with Crippen LogP contribution in [-0.2, 0) is 4.79 Å². The van der Waals surface area contributed by atoms with Gasteiger partial charge in [0, 0.05) is 23.6 Å². The first-order valence-corrected chi connectivity index (χ1v) is 6.44. The molecular formula is C14H14N2O4. The van der Waals surface area contributed by atoms with Gasteiger partial charge in [0.15, 0.2) is 0 Å². The number of nitrogens with zero attached hydrogens (tertiary/aromatic N) is 1. The van der Waals surface area contributed by atoms with Crippen molar-refractivity contribution in [1.29, 1.82) is 0 Å². The van der Waals surface area contributed by atoms with E-state index in [-0.39, 0.29) is 17.5 Å². The summed E-state index contributed by atoms with van der Waals surface area (Å²) in [5.41, 5.74) is 2.10. The maximum absolute atomic E-state index is 11.4. The number of carboxylic acid groups (broad SMARTS) is 1. The Labute approximate surface area is 115 Å². The minimum Gasteiger partial charge on any atom is -0.480 e. The third kappa shape index (κ3) is 1.68. The normalized spacial score (nSPS) is 26.6. The van der Waals surface area contributed by atoms with Crippen LogP contribution in [0.4, 0.5) is 11.4 Å². The van der Waals surface area contributed by atoms with Crippen molar-refractivity contribution in [3.05, 3.63) is 45.5 Å². The molecule has 6 heteroatoms. The number of aliphatic carboxylic acids is 1. The van der Waals surface area contributed by atoms with E-state index in [1.807, 2.05) is 19.1 Å². The molecule has 0 fully saturated rings. The number of hydrogen-bond acceptors (Lipinski definition) is 4. The van der Waals surface area contributed by atoms with Crippen molar-refractivity contribution in [2.75, 3.05) is 5.32 Å². The predicted octanol–water partition coefficient (Wildman–Crippen LogP) is 2.44. The number of fused-ring (bicyclic) bond motifs is 3. The molecule has 1 aromatic carbocycles. The number of allylic oxidation sites excluding steroid dienone is 2. The minimum atomic E-state index is -0.916. The van der Waals surface area contributed by atoms with Crippen LogP contribution in [0.1, 0.15) is 23.5 Å². The lowest BCUT2D eigenvalue weighted by atomic mass is 9.78. The quantitative estimate of drug-likeness (QED) is 0.491. The maximum Gasteiger partial charge on any atom is 0.326 e. The van der Waals surface area contributed by atoms with Gasteiger partial charge < -0.3 is 10.4 Å². The molecule has 104 valence electrons. The number of benzene rings is 1. The molecule has 0 saturated heterocycles. The molecule has 1 aliphatic heterocycles. The molecule has 0 radical (unpaired) electrons. The van der Waals surface area contributed by atoms with E-state index in [0.717, 1.165) is 5.56 Å². The van der Waals surface area contributed by atoms with E-state index in [1.165, 1.54) is 6.07 Å². The highest BCUT2D eigenvalue weighted by atomic mass is 16.6. The molecule has 2 N–H and O–H groups in total. The fourth-order valence-corrected chi connectivity index (χ4v) is 3.24. The number of nitrogens with one attached hydrogen (secondary N) is 1. The number of anilines is 1. The zero-order valence-electron chi connectivity index (χ0n) is 10.9. The lowest BCUT2D eigenvalue weighted by Gasteiger charge is -2.35. The molecular weight excluding hydrogens is 260 g/mol. The van der Waals surface area contributed by atoms with Crippen LogP contribution >= 0.6 is 0 Å². The second-order valence-electron chi connectivity index (χ2n) is 5.26. The van der Waals surface area contributed by atoms with Gasteiger partial charge in [-0.15, -0.1) is 0 Å². The van der Waals surface area contributed by atoms with Crippen molar-refractivity contribution in [3.8, 4) is 0 Å². The Kier molecular flexibility index (Phi) is 2.74. The molecule has 3 rings (SSSR count). The van der Waals surface area contributed by atoms with Gasteiger partial charge in [-0.2, -0.15) is 0 Å². The van der Waals surface area contributed by atoms with Gasteiger partial charge in [0.05, 0.1) is 10.5 Å². The highest BCUT2D eigenvalue weighted by Crippen LogP contribution is 2.49. The van der Waals surface area contributed by atoms with E-state index < -0.39 is 16.9 Å². The highest BCUT2D eigenvalue weighted by molar-refractivity contribution is 5.82. The van der Waals surface area contributed by atoms with Gasteiger partial charge in [-0.25, -0.2) is 4.79 Å². The van der Waals surface area contributed by atoms with Crippen molar-refractivity contribution in [3.63, 3.8) is 0 Å². The number of nitro groups is 1. The van der Waals surface area contributed by atoms with Crippen LogP contribution in [0.2, 0.25) is 0 Å². The van der Waals surface area contributed by atoms with Gasteiger partial charge in [-0.1, -0.05) is 18.2 Å². The molecule has 0 amide bonds. The molecule has 3 atom stereocenters. The van der Waals surface area contributed by atoms with E-state index in [0.29, 0.717) is 17.7 Å². The Morgan fingerprint density at radius 3 is 2.90 bits per heavy atom. The van der Waals surface area contributed by atoms with Crippen LogP contribution < -0.4 is 5.32 Å². The van der Waals surface area contributed by atoms with Gasteiger partial charge in [0.2, 0.25) is 0 Å². The number of nitro benzene ring substituents is 1. The Morgan fingerprint density at radius 2 is 2.25 bits per heavy atom. The highest BCUT2D eigenvalue weighted by Gasteiger charge is 2.44. The van der Waals surface area contributed by atoms with Crippen LogP contribution in [0.15, 0.2) is 24.3 Å². The summed E-state index contributed by atoms with van der Waals surface area (Å²) in [7, 11) is 0. The second-order valence-corrected chi connectivity index (χ2v) is 5.26. The summed E-state index contributed by atoms with van der Waals surface area (Å²) in [4.78, 5) is 22.2. The Bertz CT molecular complexity index is 638. The summed E-state index contributed by atoms with van der Waals surface area (Å²) < 4.78 is 0. The molecule has 0 saturated carbocycles. The molecule has 0 spiro atoms. The van der Waals surface area contributed by atoms with Crippen LogP contribution in [0.5, 0.6) is 0 Å². The molecule has 2 aliphatic rings. The third-order valence-corrected chi connectivity index (χ3v) is 4.17. The smallest absolute Gasteiger partial charge is 0.326 e. The fourth-order valence-electron chi connectivity index (χ4n) is 3.24. The monoisotopic (exact) mass is 274 g/mol. The third-order valence-electron chi connectivity index (χ3n) is 4.17. The standard InChI is InChI=1S/C14H14N2O4/c1-7-5-6-10(16(19)20)11-8-3-2-4-9(8)13(14(17)18)15-12(7)11/h2-3,5-6,8-9,13,15H,4H2,1H3,(H,17,18)/t8-,9+,13+/m1/s1. The molecule has 1 heterocycles. The van der Waals surface area contributed by atoms with Crippen molar-refractivity contribution in [1.82, 2.24) is 0 Å². The topological polar surface area (TPSA) is 92.5 Å². The maximum atomic E-state index is 11.4.